The van der Waals surface area contributed by atoms with Crippen molar-refractivity contribution in [3.63, 3.8) is 0 Å². The summed E-state index contributed by atoms with van der Waals surface area (Å²) < 4.78 is 111. The molecule has 0 saturated carbocycles. The number of aliphatic hydroxyl groups is 1. The van der Waals surface area contributed by atoms with Gasteiger partial charge < -0.3 is 14.6 Å². The van der Waals surface area contributed by atoms with Crippen molar-refractivity contribution in [1.82, 2.24) is 0 Å². The molecule has 4 nitrogen and oxygen atoms in total. The third kappa shape index (κ3) is 37.0. The molecule has 1 N–H and O–H groups in total. The Kier molecular flexibility index (Phi) is 19.0. The summed E-state index contributed by atoms with van der Waals surface area (Å²) in [6.07, 6.45) is -16.2. The van der Waals surface area contributed by atoms with Gasteiger partial charge in [0.05, 0.1) is 49.3 Å². The van der Waals surface area contributed by atoms with E-state index in [0.717, 1.165) is 6.92 Å². The first-order valence-corrected chi connectivity index (χ1v) is 9.56. The van der Waals surface area contributed by atoms with Gasteiger partial charge in [0.2, 0.25) is 0 Å². The van der Waals surface area contributed by atoms with Crippen molar-refractivity contribution in [1.29, 1.82) is 0 Å². The van der Waals surface area contributed by atoms with Crippen LogP contribution in [0.3, 0.4) is 0 Å². The number of aliphatic hydroxyl groups excluding tert-OH is 1. The lowest BCUT2D eigenvalue weighted by Crippen LogP contribution is -2.20. The second-order valence-corrected chi connectivity index (χ2v) is 6.83. The summed E-state index contributed by atoms with van der Waals surface area (Å²) >= 11 is 10.2. The fourth-order valence-electron chi connectivity index (χ4n) is 1.28. The van der Waals surface area contributed by atoms with E-state index in [1.165, 1.54) is 0 Å². The number of hydrogen-bond donors (Lipinski definition) is 1. The van der Waals surface area contributed by atoms with Crippen LogP contribution >= 0.6 is 23.2 Å². The summed E-state index contributed by atoms with van der Waals surface area (Å²) in [5.74, 6) is -0.636. The Hall–Kier alpha value is -0.660. The normalized spacial score (nSPS) is 17.5. The summed E-state index contributed by atoms with van der Waals surface area (Å²) in [7, 11) is 0. The quantitative estimate of drug-likeness (QED) is 0.201. The Labute approximate surface area is 184 Å². The molecule has 1 aliphatic rings. The van der Waals surface area contributed by atoms with E-state index in [-0.39, 0.29) is 6.61 Å². The zero-order chi connectivity index (χ0) is 25.5. The van der Waals surface area contributed by atoms with Crippen LogP contribution in [0.15, 0.2) is 0 Å². The van der Waals surface area contributed by atoms with Gasteiger partial charge in [-0.1, -0.05) is 13.8 Å². The average molecular weight is 523 g/mol. The van der Waals surface area contributed by atoms with Crippen molar-refractivity contribution >= 4 is 29.2 Å². The van der Waals surface area contributed by atoms with Crippen LogP contribution in [0.1, 0.15) is 40.0 Å². The zero-order valence-corrected chi connectivity index (χ0v) is 18.3. The highest BCUT2D eigenvalue weighted by Gasteiger charge is 2.38. The summed E-state index contributed by atoms with van der Waals surface area (Å²) in [6, 6.07) is 0. The lowest BCUT2D eigenvalue weighted by Gasteiger charge is -2.11. The first-order valence-electron chi connectivity index (χ1n) is 8.68. The van der Waals surface area contributed by atoms with E-state index >= 15 is 0 Å². The Morgan fingerprint density at radius 2 is 1.35 bits per heavy atom. The SMILES string of the molecule is CC.CC(=O)OCC(Cl)CC(F)(F)F.FC(F)(F)CC1CO1.OCC(Cl)CC(F)(F)F. The molecule has 0 bridgehead atoms. The topological polar surface area (TPSA) is 59.1 Å². The standard InChI is InChI=1S/C6H8ClF3O2.C4H6ClF3O.C4H5F3O.C2H6/c1-4(11)12-3-5(7)2-6(8,9)10;5-3(2-9)1-4(6,7)8;5-4(6,7)1-3-2-8-3;1-2/h5H,2-3H2,1H3;3,9H,1-2H2;3H,1-2H2;1-2H3. The van der Waals surface area contributed by atoms with Crippen LogP contribution in [0.2, 0.25) is 0 Å². The highest BCUT2D eigenvalue weighted by molar-refractivity contribution is 6.21. The fraction of sp³-hybridized carbons (Fsp3) is 0.938. The molecule has 1 saturated heterocycles. The van der Waals surface area contributed by atoms with Crippen molar-refractivity contribution in [2.24, 2.45) is 0 Å². The minimum absolute atomic E-state index is 0.277. The molecule has 0 radical (unpaired) electrons. The molecule has 190 valence electrons. The molecular formula is C16H25Cl2F9O4. The highest BCUT2D eigenvalue weighted by Crippen LogP contribution is 2.28. The van der Waals surface area contributed by atoms with Crippen LogP contribution in [-0.4, -0.2) is 66.3 Å². The molecule has 1 heterocycles. The number of ether oxygens (including phenoxy) is 2. The smallest absolute Gasteiger partial charge is 0.391 e. The van der Waals surface area contributed by atoms with Gasteiger partial charge in [-0.2, -0.15) is 39.5 Å². The number of epoxide rings is 1. The first kappa shape index (κ1) is 34.9. The number of carbonyl (C=O) groups is 1. The third-order valence-electron chi connectivity index (χ3n) is 2.43. The Morgan fingerprint density at radius 1 is 0.968 bits per heavy atom. The molecule has 0 aromatic heterocycles. The molecular weight excluding hydrogens is 498 g/mol. The fourth-order valence-corrected chi connectivity index (χ4v) is 1.69. The van der Waals surface area contributed by atoms with Gasteiger partial charge in [0.15, 0.2) is 0 Å². The predicted molar refractivity (Wildman–Crippen MR) is 96.1 cm³/mol. The van der Waals surface area contributed by atoms with E-state index in [2.05, 4.69) is 9.47 Å². The monoisotopic (exact) mass is 522 g/mol. The van der Waals surface area contributed by atoms with Gasteiger partial charge in [0.25, 0.3) is 0 Å². The molecule has 31 heavy (non-hydrogen) atoms. The molecule has 0 spiro atoms. The average Bonchev–Trinajstić information content (AvgIpc) is 3.35. The van der Waals surface area contributed by atoms with E-state index in [1.807, 2.05) is 13.8 Å². The summed E-state index contributed by atoms with van der Waals surface area (Å²) in [6.45, 7) is 4.34. The number of halogens is 11. The molecule has 1 fully saturated rings. The van der Waals surface area contributed by atoms with Crippen LogP contribution in [0, 0.1) is 0 Å². The van der Waals surface area contributed by atoms with Gasteiger partial charge in [0, 0.05) is 6.92 Å². The third-order valence-corrected chi connectivity index (χ3v) is 3.01. The number of carbonyl (C=O) groups excluding carboxylic acids is 1. The first-order chi connectivity index (χ1) is 13.8. The van der Waals surface area contributed by atoms with Crippen molar-refractivity contribution < 1.29 is 58.9 Å². The van der Waals surface area contributed by atoms with Crippen molar-refractivity contribution in [3.8, 4) is 0 Å². The van der Waals surface area contributed by atoms with Gasteiger partial charge in [-0.15, -0.1) is 23.2 Å². The molecule has 15 heteroatoms. The molecule has 0 aromatic rings. The predicted octanol–water partition coefficient (Wildman–Crippen LogP) is 6.01. The molecule has 1 rings (SSSR count). The van der Waals surface area contributed by atoms with E-state index in [4.69, 9.17) is 28.3 Å². The second-order valence-electron chi connectivity index (χ2n) is 5.59. The van der Waals surface area contributed by atoms with Crippen LogP contribution in [0.25, 0.3) is 0 Å². The van der Waals surface area contributed by atoms with Gasteiger partial charge in [-0.25, -0.2) is 0 Å². The Bertz CT molecular complexity index is 454. The van der Waals surface area contributed by atoms with E-state index in [1.54, 1.807) is 0 Å². The largest absolute Gasteiger partial charge is 0.464 e. The zero-order valence-electron chi connectivity index (χ0n) is 16.8. The van der Waals surface area contributed by atoms with Crippen LogP contribution in [-0.2, 0) is 14.3 Å². The minimum Gasteiger partial charge on any atom is -0.464 e. The minimum atomic E-state index is -4.31. The van der Waals surface area contributed by atoms with Gasteiger partial charge in [0.1, 0.15) is 6.61 Å². The van der Waals surface area contributed by atoms with E-state index < -0.39 is 73.8 Å². The number of esters is 1. The maximum atomic E-state index is 11.6. The molecule has 1 aliphatic heterocycles. The van der Waals surface area contributed by atoms with Crippen molar-refractivity contribution in [2.75, 3.05) is 19.8 Å². The van der Waals surface area contributed by atoms with Crippen molar-refractivity contribution in [3.05, 3.63) is 0 Å². The highest BCUT2D eigenvalue weighted by atomic mass is 35.5. The lowest BCUT2D eigenvalue weighted by atomic mass is 10.3. The maximum absolute atomic E-state index is 11.6. The maximum Gasteiger partial charge on any atom is 0.391 e. The Morgan fingerprint density at radius 3 is 1.55 bits per heavy atom. The van der Waals surface area contributed by atoms with Crippen LogP contribution in [0.5, 0.6) is 0 Å². The summed E-state index contributed by atoms with van der Waals surface area (Å²) in [4.78, 5) is 10.2. The van der Waals surface area contributed by atoms with Gasteiger partial charge in [-0.05, 0) is 0 Å². The molecule has 3 atom stereocenters. The van der Waals surface area contributed by atoms with Crippen LogP contribution in [0.4, 0.5) is 39.5 Å². The summed E-state index contributed by atoms with van der Waals surface area (Å²) in [5, 5.41) is 5.66. The second kappa shape index (κ2) is 16.9. The van der Waals surface area contributed by atoms with Crippen LogP contribution < -0.4 is 0 Å². The molecule has 3 unspecified atom stereocenters. The summed E-state index contributed by atoms with van der Waals surface area (Å²) in [5.41, 5.74) is 0. The molecule has 0 aliphatic carbocycles. The van der Waals surface area contributed by atoms with Gasteiger partial charge >= 0.3 is 24.5 Å². The van der Waals surface area contributed by atoms with E-state index in [0.29, 0.717) is 0 Å². The van der Waals surface area contributed by atoms with Crippen molar-refractivity contribution in [2.45, 2.75) is 75.4 Å². The van der Waals surface area contributed by atoms with Gasteiger partial charge in [-0.3, -0.25) is 4.79 Å². The van der Waals surface area contributed by atoms with E-state index in [9.17, 15) is 44.3 Å². The lowest BCUT2D eigenvalue weighted by molar-refractivity contribution is -0.147. The molecule has 0 amide bonds. The number of rotatable bonds is 6. The number of alkyl halides is 11. The number of hydrogen-bond acceptors (Lipinski definition) is 4. The Balaban J connectivity index is -0.000000371. The molecule has 0 aromatic carbocycles.